The lowest BCUT2D eigenvalue weighted by molar-refractivity contribution is 0.0692. The smallest absolute Gasteiger partial charge is 0.339 e. The quantitative estimate of drug-likeness (QED) is 0.768. The van der Waals surface area contributed by atoms with E-state index in [1.807, 2.05) is 26.8 Å². The number of carboxylic acids is 1. The standard InChI is InChI=1S/C16H21NO3/c1-12-6-7-14(13(10-12)15(18)19)20-9-5-4-8-16(2,3)11-17/h6-7,10H,4-5,8-9H2,1-3H3,(H,18,19). The lowest BCUT2D eigenvalue weighted by atomic mass is 9.89. The van der Waals surface area contributed by atoms with E-state index in [4.69, 9.17) is 15.1 Å². The van der Waals surface area contributed by atoms with Gasteiger partial charge in [-0.15, -0.1) is 0 Å². The summed E-state index contributed by atoms with van der Waals surface area (Å²) in [5.74, 6) is -0.572. The molecule has 0 saturated heterocycles. The zero-order chi connectivity index (χ0) is 15.2. The van der Waals surface area contributed by atoms with Crippen molar-refractivity contribution in [2.24, 2.45) is 5.41 Å². The fourth-order valence-electron chi connectivity index (χ4n) is 1.84. The van der Waals surface area contributed by atoms with Crippen LogP contribution >= 0.6 is 0 Å². The van der Waals surface area contributed by atoms with Crippen molar-refractivity contribution in [1.82, 2.24) is 0 Å². The van der Waals surface area contributed by atoms with Gasteiger partial charge in [0.2, 0.25) is 0 Å². The van der Waals surface area contributed by atoms with E-state index in [2.05, 4.69) is 6.07 Å². The molecule has 0 unspecified atom stereocenters. The van der Waals surface area contributed by atoms with E-state index in [0.717, 1.165) is 24.8 Å². The van der Waals surface area contributed by atoms with E-state index >= 15 is 0 Å². The molecule has 0 heterocycles. The van der Waals surface area contributed by atoms with Crippen molar-refractivity contribution in [3.63, 3.8) is 0 Å². The van der Waals surface area contributed by atoms with Crippen LogP contribution in [0.4, 0.5) is 0 Å². The highest BCUT2D eigenvalue weighted by Crippen LogP contribution is 2.23. The minimum absolute atomic E-state index is 0.197. The normalized spacial score (nSPS) is 10.9. The molecule has 1 rings (SSSR count). The molecule has 20 heavy (non-hydrogen) atoms. The Balaban J connectivity index is 2.47. The number of carboxylic acid groups (broad SMARTS) is 1. The molecule has 0 radical (unpaired) electrons. The van der Waals surface area contributed by atoms with Gasteiger partial charge in [0.25, 0.3) is 0 Å². The first-order valence-electron chi connectivity index (χ1n) is 6.74. The predicted molar refractivity (Wildman–Crippen MR) is 76.9 cm³/mol. The topological polar surface area (TPSA) is 70.3 Å². The summed E-state index contributed by atoms with van der Waals surface area (Å²) in [7, 11) is 0. The molecule has 0 aromatic heterocycles. The second-order valence-corrected chi connectivity index (χ2v) is 5.61. The van der Waals surface area contributed by atoms with Crippen LogP contribution in [-0.4, -0.2) is 17.7 Å². The van der Waals surface area contributed by atoms with Crippen molar-refractivity contribution in [3.8, 4) is 11.8 Å². The van der Waals surface area contributed by atoms with Gasteiger partial charge in [0, 0.05) is 0 Å². The van der Waals surface area contributed by atoms with Crippen LogP contribution in [0.1, 0.15) is 49.0 Å². The molecule has 4 nitrogen and oxygen atoms in total. The first kappa shape index (κ1) is 16.0. The number of ether oxygens (including phenoxy) is 1. The number of aromatic carboxylic acids is 1. The summed E-state index contributed by atoms with van der Waals surface area (Å²) in [4.78, 5) is 11.1. The number of nitrogens with zero attached hydrogens (tertiary/aromatic N) is 1. The molecule has 0 saturated carbocycles. The Kier molecular flexibility index (Phi) is 5.57. The molecule has 108 valence electrons. The molecule has 1 N–H and O–H groups in total. The van der Waals surface area contributed by atoms with Gasteiger partial charge >= 0.3 is 5.97 Å². The molecule has 0 amide bonds. The third kappa shape index (κ3) is 4.93. The maximum atomic E-state index is 11.1. The molecule has 0 bridgehead atoms. The average Bonchev–Trinajstić information content (AvgIpc) is 2.39. The fraction of sp³-hybridized carbons (Fsp3) is 0.500. The zero-order valence-electron chi connectivity index (χ0n) is 12.3. The van der Waals surface area contributed by atoms with Gasteiger partial charge in [-0.25, -0.2) is 4.79 Å². The minimum atomic E-state index is -0.977. The van der Waals surface area contributed by atoms with Crippen LogP contribution in [0.3, 0.4) is 0 Å². The summed E-state index contributed by atoms with van der Waals surface area (Å²) >= 11 is 0. The zero-order valence-corrected chi connectivity index (χ0v) is 12.3. The van der Waals surface area contributed by atoms with E-state index in [-0.39, 0.29) is 11.0 Å². The van der Waals surface area contributed by atoms with Crippen LogP contribution in [0.2, 0.25) is 0 Å². The summed E-state index contributed by atoms with van der Waals surface area (Å²) in [6, 6.07) is 7.40. The summed E-state index contributed by atoms with van der Waals surface area (Å²) in [5, 5.41) is 18.0. The first-order valence-corrected chi connectivity index (χ1v) is 6.74. The third-order valence-electron chi connectivity index (χ3n) is 3.12. The second-order valence-electron chi connectivity index (χ2n) is 5.61. The maximum Gasteiger partial charge on any atom is 0.339 e. The number of hydrogen-bond acceptors (Lipinski definition) is 3. The van der Waals surface area contributed by atoms with Crippen LogP contribution < -0.4 is 4.74 Å². The Labute approximate surface area is 120 Å². The molecule has 0 aliphatic carbocycles. The van der Waals surface area contributed by atoms with Crippen molar-refractivity contribution >= 4 is 5.97 Å². The number of unbranched alkanes of at least 4 members (excludes halogenated alkanes) is 1. The minimum Gasteiger partial charge on any atom is -0.493 e. The van der Waals surface area contributed by atoms with Crippen LogP contribution in [0.25, 0.3) is 0 Å². The first-order chi connectivity index (χ1) is 9.35. The van der Waals surface area contributed by atoms with E-state index in [1.165, 1.54) is 0 Å². The van der Waals surface area contributed by atoms with Crippen molar-refractivity contribution in [2.75, 3.05) is 6.61 Å². The summed E-state index contributed by atoms with van der Waals surface area (Å²) in [5.41, 5.74) is 0.781. The Hall–Kier alpha value is -2.02. The van der Waals surface area contributed by atoms with Gasteiger partial charge in [0.15, 0.2) is 0 Å². The van der Waals surface area contributed by atoms with Crippen LogP contribution in [0.15, 0.2) is 18.2 Å². The van der Waals surface area contributed by atoms with Crippen molar-refractivity contribution in [2.45, 2.75) is 40.0 Å². The molecule has 0 aliphatic heterocycles. The third-order valence-corrected chi connectivity index (χ3v) is 3.12. The van der Waals surface area contributed by atoms with E-state index < -0.39 is 5.97 Å². The Morgan fingerprint density at radius 2 is 2.10 bits per heavy atom. The second kappa shape index (κ2) is 6.95. The number of carbonyl (C=O) groups is 1. The molecule has 0 spiro atoms. The summed E-state index contributed by atoms with van der Waals surface area (Å²) in [6.07, 6.45) is 2.50. The lowest BCUT2D eigenvalue weighted by Gasteiger charge is -2.15. The van der Waals surface area contributed by atoms with Crippen molar-refractivity contribution < 1.29 is 14.6 Å². The highest BCUT2D eigenvalue weighted by Gasteiger charge is 2.16. The predicted octanol–water partition coefficient (Wildman–Crippen LogP) is 3.79. The number of nitriles is 1. The Bertz CT molecular complexity index is 515. The van der Waals surface area contributed by atoms with Gasteiger partial charge in [-0.1, -0.05) is 11.6 Å². The van der Waals surface area contributed by atoms with Gasteiger partial charge in [0.05, 0.1) is 18.1 Å². The maximum absolute atomic E-state index is 11.1. The molecule has 4 heteroatoms. The number of benzene rings is 1. The summed E-state index contributed by atoms with van der Waals surface area (Å²) < 4.78 is 5.54. The molecule has 0 aliphatic rings. The monoisotopic (exact) mass is 275 g/mol. The number of rotatable bonds is 7. The van der Waals surface area contributed by atoms with Gasteiger partial charge in [0.1, 0.15) is 11.3 Å². The average molecular weight is 275 g/mol. The van der Waals surface area contributed by atoms with E-state index in [9.17, 15) is 4.79 Å². The highest BCUT2D eigenvalue weighted by molar-refractivity contribution is 5.91. The molecule has 0 fully saturated rings. The number of hydrogen-bond donors (Lipinski definition) is 1. The summed E-state index contributed by atoms with van der Waals surface area (Å²) in [6.45, 7) is 6.14. The Morgan fingerprint density at radius 1 is 1.40 bits per heavy atom. The van der Waals surface area contributed by atoms with Crippen molar-refractivity contribution in [3.05, 3.63) is 29.3 Å². The van der Waals surface area contributed by atoms with Crippen LogP contribution in [0, 0.1) is 23.7 Å². The van der Waals surface area contributed by atoms with Gasteiger partial charge in [-0.05, 0) is 52.2 Å². The van der Waals surface area contributed by atoms with Crippen LogP contribution in [0.5, 0.6) is 5.75 Å². The van der Waals surface area contributed by atoms with Crippen molar-refractivity contribution in [1.29, 1.82) is 5.26 Å². The molecular weight excluding hydrogens is 254 g/mol. The molecule has 1 aromatic rings. The molecule has 0 atom stereocenters. The molecular formula is C16H21NO3. The largest absolute Gasteiger partial charge is 0.493 e. The highest BCUT2D eigenvalue weighted by atomic mass is 16.5. The van der Waals surface area contributed by atoms with Crippen LogP contribution in [-0.2, 0) is 0 Å². The lowest BCUT2D eigenvalue weighted by Crippen LogP contribution is -2.09. The van der Waals surface area contributed by atoms with E-state index in [1.54, 1.807) is 12.1 Å². The van der Waals surface area contributed by atoms with Gasteiger partial charge in [-0.2, -0.15) is 5.26 Å². The van der Waals surface area contributed by atoms with E-state index in [0.29, 0.717) is 12.4 Å². The molecule has 1 aromatic carbocycles. The Morgan fingerprint density at radius 3 is 2.70 bits per heavy atom. The number of aryl methyl sites for hydroxylation is 1. The van der Waals surface area contributed by atoms with Gasteiger partial charge in [-0.3, -0.25) is 0 Å². The fourth-order valence-corrected chi connectivity index (χ4v) is 1.84. The van der Waals surface area contributed by atoms with Gasteiger partial charge < -0.3 is 9.84 Å². The SMILES string of the molecule is Cc1ccc(OCCCCC(C)(C)C#N)c(C(=O)O)c1.